The third-order valence-electron chi connectivity index (χ3n) is 2.49. The average molecular weight is 237 g/mol. The maximum absolute atomic E-state index is 4.05. The predicted molar refractivity (Wildman–Crippen MR) is 63.3 cm³/mol. The molecule has 0 amide bonds. The summed E-state index contributed by atoms with van der Waals surface area (Å²) in [6.07, 6.45) is 0. The summed E-state index contributed by atoms with van der Waals surface area (Å²) in [7, 11) is 0. The van der Waals surface area contributed by atoms with E-state index in [0.29, 0.717) is 6.54 Å². The Hall–Kier alpha value is -1.27. The molecule has 0 aliphatic rings. The van der Waals surface area contributed by atoms with Crippen molar-refractivity contribution in [2.75, 3.05) is 6.54 Å². The molecule has 1 unspecified atom stereocenters. The number of tetrazole rings is 1. The first kappa shape index (κ1) is 11.2. The second-order valence-corrected chi connectivity index (χ2v) is 4.33. The SMILES string of the molecule is CCNCc1nnnn1C(C)c1ccsc1. The Balaban J connectivity index is 2.17. The van der Waals surface area contributed by atoms with E-state index in [2.05, 4.69) is 51.5 Å². The van der Waals surface area contributed by atoms with Gasteiger partial charge in [-0.25, -0.2) is 4.68 Å². The average Bonchev–Trinajstić information content (AvgIpc) is 2.96. The summed E-state index contributed by atoms with van der Waals surface area (Å²) in [5.41, 5.74) is 1.25. The van der Waals surface area contributed by atoms with Gasteiger partial charge in [0.05, 0.1) is 12.6 Å². The summed E-state index contributed by atoms with van der Waals surface area (Å²) in [6, 6.07) is 2.29. The number of nitrogens with zero attached hydrogens (tertiary/aromatic N) is 4. The molecule has 2 rings (SSSR count). The molecule has 6 heteroatoms. The molecule has 5 nitrogen and oxygen atoms in total. The van der Waals surface area contributed by atoms with Gasteiger partial charge in [-0.2, -0.15) is 11.3 Å². The Morgan fingerprint density at radius 3 is 3.12 bits per heavy atom. The highest BCUT2D eigenvalue weighted by atomic mass is 32.1. The molecule has 0 aromatic carbocycles. The molecule has 0 spiro atoms. The topological polar surface area (TPSA) is 55.6 Å². The highest BCUT2D eigenvalue weighted by Gasteiger charge is 2.14. The number of rotatable bonds is 5. The highest BCUT2D eigenvalue weighted by Crippen LogP contribution is 2.19. The lowest BCUT2D eigenvalue weighted by Gasteiger charge is -2.11. The van der Waals surface area contributed by atoms with Gasteiger partial charge in [-0.3, -0.25) is 0 Å². The van der Waals surface area contributed by atoms with Crippen molar-refractivity contribution in [2.45, 2.75) is 26.4 Å². The molecule has 0 saturated heterocycles. The van der Waals surface area contributed by atoms with Crippen LogP contribution >= 0.6 is 11.3 Å². The first-order valence-corrected chi connectivity index (χ1v) is 6.26. The van der Waals surface area contributed by atoms with Gasteiger partial charge in [-0.15, -0.1) is 5.10 Å². The van der Waals surface area contributed by atoms with Crippen molar-refractivity contribution in [2.24, 2.45) is 0 Å². The molecule has 2 heterocycles. The number of nitrogens with one attached hydrogen (secondary N) is 1. The van der Waals surface area contributed by atoms with Crippen LogP contribution < -0.4 is 5.32 Å². The van der Waals surface area contributed by atoms with Crippen molar-refractivity contribution in [3.8, 4) is 0 Å². The number of hydrogen-bond donors (Lipinski definition) is 1. The van der Waals surface area contributed by atoms with Crippen LogP contribution in [-0.4, -0.2) is 26.8 Å². The molecule has 0 aliphatic heterocycles. The second kappa shape index (κ2) is 5.18. The Kier molecular flexibility index (Phi) is 3.63. The fraction of sp³-hybridized carbons (Fsp3) is 0.500. The van der Waals surface area contributed by atoms with Gasteiger partial charge in [0.15, 0.2) is 5.82 Å². The van der Waals surface area contributed by atoms with Gasteiger partial charge in [0.25, 0.3) is 0 Å². The highest BCUT2D eigenvalue weighted by molar-refractivity contribution is 7.07. The summed E-state index contributed by atoms with van der Waals surface area (Å²) in [4.78, 5) is 0. The minimum absolute atomic E-state index is 0.190. The van der Waals surface area contributed by atoms with Crippen LogP contribution in [0.25, 0.3) is 0 Å². The molecule has 86 valence electrons. The van der Waals surface area contributed by atoms with Crippen LogP contribution in [0.2, 0.25) is 0 Å². The predicted octanol–water partition coefficient (Wildman–Crippen LogP) is 1.45. The number of aromatic nitrogens is 4. The van der Waals surface area contributed by atoms with Crippen LogP contribution in [0.3, 0.4) is 0 Å². The van der Waals surface area contributed by atoms with Gasteiger partial charge in [0, 0.05) is 0 Å². The van der Waals surface area contributed by atoms with Crippen molar-refractivity contribution >= 4 is 11.3 Å². The van der Waals surface area contributed by atoms with E-state index in [1.165, 1.54) is 5.56 Å². The smallest absolute Gasteiger partial charge is 0.165 e. The lowest BCUT2D eigenvalue weighted by atomic mass is 10.2. The van der Waals surface area contributed by atoms with Gasteiger partial charge in [0.2, 0.25) is 0 Å². The van der Waals surface area contributed by atoms with Crippen LogP contribution in [0.15, 0.2) is 16.8 Å². The third kappa shape index (κ3) is 2.28. The summed E-state index contributed by atoms with van der Waals surface area (Å²) >= 11 is 1.69. The molecule has 0 bridgehead atoms. The van der Waals surface area contributed by atoms with E-state index in [9.17, 15) is 0 Å². The first-order chi connectivity index (χ1) is 7.83. The van der Waals surface area contributed by atoms with E-state index in [4.69, 9.17) is 0 Å². The summed E-state index contributed by atoms with van der Waals surface area (Å²) < 4.78 is 1.87. The van der Waals surface area contributed by atoms with Crippen LogP contribution in [0.4, 0.5) is 0 Å². The van der Waals surface area contributed by atoms with Gasteiger partial charge in [0.1, 0.15) is 0 Å². The fourth-order valence-corrected chi connectivity index (χ4v) is 2.27. The molecule has 1 N–H and O–H groups in total. The molecule has 0 fully saturated rings. The number of hydrogen-bond acceptors (Lipinski definition) is 5. The fourth-order valence-electron chi connectivity index (χ4n) is 1.52. The molecule has 2 aromatic heterocycles. The van der Waals surface area contributed by atoms with Crippen molar-refractivity contribution in [3.05, 3.63) is 28.2 Å². The minimum atomic E-state index is 0.190. The molecular weight excluding hydrogens is 222 g/mol. The molecule has 1 atom stereocenters. The van der Waals surface area contributed by atoms with Crippen molar-refractivity contribution in [1.29, 1.82) is 0 Å². The van der Waals surface area contributed by atoms with Gasteiger partial charge in [-0.1, -0.05) is 6.92 Å². The summed E-state index contributed by atoms with van der Waals surface area (Å²) in [5.74, 6) is 0.876. The minimum Gasteiger partial charge on any atom is -0.310 e. The molecule has 0 radical (unpaired) electrons. The molecule has 2 aromatic rings. The standard InChI is InChI=1S/C10H15N5S/c1-3-11-6-10-12-13-14-15(10)8(2)9-4-5-16-7-9/h4-5,7-8,11H,3,6H2,1-2H3. The van der Waals surface area contributed by atoms with Gasteiger partial charge < -0.3 is 5.32 Å². The lowest BCUT2D eigenvalue weighted by Crippen LogP contribution is -2.19. The van der Waals surface area contributed by atoms with E-state index in [0.717, 1.165) is 12.4 Å². The van der Waals surface area contributed by atoms with Crippen LogP contribution in [0.1, 0.15) is 31.3 Å². The maximum atomic E-state index is 4.05. The largest absolute Gasteiger partial charge is 0.310 e. The van der Waals surface area contributed by atoms with E-state index in [1.54, 1.807) is 11.3 Å². The van der Waals surface area contributed by atoms with Gasteiger partial charge in [-0.05, 0) is 46.3 Å². The van der Waals surface area contributed by atoms with Crippen molar-refractivity contribution < 1.29 is 0 Å². The lowest BCUT2D eigenvalue weighted by molar-refractivity contribution is 0.509. The Labute approximate surface area is 98.5 Å². The van der Waals surface area contributed by atoms with Gasteiger partial charge >= 0.3 is 0 Å². The zero-order chi connectivity index (χ0) is 11.4. The quantitative estimate of drug-likeness (QED) is 0.855. The molecule has 0 aliphatic carbocycles. The van der Waals surface area contributed by atoms with E-state index in [-0.39, 0.29) is 6.04 Å². The number of thiophene rings is 1. The molecule has 16 heavy (non-hydrogen) atoms. The zero-order valence-corrected chi connectivity index (χ0v) is 10.2. The van der Waals surface area contributed by atoms with E-state index >= 15 is 0 Å². The van der Waals surface area contributed by atoms with E-state index < -0.39 is 0 Å². The van der Waals surface area contributed by atoms with Crippen molar-refractivity contribution in [3.63, 3.8) is 0 Å². The van der Waals surface area contributed by atoms with Crippen molar-refractivity contribution in [1.82, 2.24) is 25.5 Å². The Morgan fingerprint density at radius 2 is 2.44 bits per heavy atom. The van der Waals surface area contributed by atoms with Crippen LogP contribution in [-0.2, 0) is 6.54 Å². The summed E-state index contributed by atoms with van der Waals surface area (Å²) in [5, 5.41) is 19.2. The maximum Gasteiger partial charge on any atom is 0.165 e. The molecule has 0 saturated carbocycles. The third-order valence-corrected chi connectivity index (χ3v) is 3.19. The first-order valence-electron chi connectivity index (χ1n) is 5.32. The van der Waals surface area contributed by atoms with Crippen LogP contribution in [0, 0.1) is 0 Å². The molecular formula is C10H15N5S. The monoisotopic (exact) mass is 237 g/mol. The summed E-state index contributed by atoms with van der Waals surface area (Å²) in [6.45, 7) is 5.79. The Bertz CT molecular complexity index is 422. The Morgan fingerprint density at radius 1 is 1.56 bits per heavy atom. The second-order valence-electron chi connectivity index (χ2n) is 3.55. The normalized spacial score (nSPS) is 12.9. The zero-order valence-electron chi connectivity index (χ0n) is 9.42. The van der Waals surface area contributed by atoms with Crippen LogP contribution in [0.5, 0.6) is 0 Å². The van der Waals surface area contributed by atoms with E-state index in [1.807, 2.05) is 4.68 Å².